The third-order valence-electron chi connectivity index (χ3n) is 3.70. The maximum atomic E-state index is 4.67. The van der Waals surface area contributed by atoms with Gasteiger partial charge in [0.15, 0.2) is 0 Å². The molecule has 3 nitrogen and oxygen atoms in total. The van der Waals surface area contributed by atoms with E-state index >= 15 is 0 Å². The molecule has 0 amide bonds. The van der Waals surface area contributed by atoms with Gasteiger partial charge < -0.3 is 5.32 Å². The van der Waals surface area contributed by atoms with Crippen LogP contribution in [-0.2, 0) is 12.8 Å². The zero-order valence-corrected chi connectivity index (χ0v) is 14.2. The summed E-state index contributed by atoms with van der Waals surface area (Å²) in [5, 5.41) is 10.4. The molecule has 0 spiro atoms. The molecule has 116 valence electrons. The molecule has 0 bridgehead atoms. The molecule has 1 unspecified atom stereocenters. The second-order valence-electron chi connectivity index (χ2n) is 5.81. The molecule has 0 saturated carbocycles. The highest BCUT2D eigenvalue weighted by molar-refractivity contribution is 7.09. The van der Waals surface area contributed by atoms with E-state index in [1.165, 1.54) is 29.8 Å². The number of aromatic nitrogens is 2. The van der Waals surface area contributed by atoms with Gasteiger partial charge in [0.1, 0.15) is 0 Å². The third kappa shape index (κ3) is 5.29. The van der Waals surface area contributed by atoms with Crippen LogP contribution in [0.15, 0.2) is 29.8 Å². The van der Waals surface area contributed by atoms with Gasteiger partial charge in [0.2, 0.25) is 0 Å². The molecule has 1 N–H and O–H groups in total. The van der Waals surface area contributed by atoms with Gasteiger partial charge in [0.05, 0.1) is 5.69 Å². The average Bonchev–Trinajstić information content (AvgIpc) is 3.10. The Balaban J connectivity index is 1.82. The van der Waals surface area contributed by atoms with E-state index in [0.717, 1.165) is 13.0 Å². The Kier molecular flexibility index (Phi) is 6.46. The highest BCUT2D eigenvalue weighted by Crippen LogP contribution is 2.14. The monoisotopic (exact) mass is 305 g/mol. The highest BCUT2D eigenvalue weighted by Gasteiger charge is 2.11. The first-order valence-electron chi connectivity index (χ1n) is 7.98. The summed E-state index contributed by atoms with van der Waals surface area (Å²) >= 11 is 1.86. The Bertz CT molecular complexity index is 502. The summed E-state index contributed by atoms with van der Waals surface area (Å²) in [5.41, 5.74) is 1.20. The molecule has 0 aliphatic rings. The number of nitrogens with one attached hydrogen (secondary N) is 1. The number of hydrogen-bond acceptors (Lipinski definition) is 3. The predicted octanol–water partition coefficient (Wildman–Crippen LogP) is 4.07. The lowest BCUT2D eigenvalue weighted by Gasteiger charge is -2.16. The van der Waals surface area contributed by atoms with Crippen molar-refractivity contribution in [2.45, 2.75) is 58.5 Å². The van der Waals surface area contributed by atoms with Crippen molar-refractivity contribution < 1.29 is 0 Å². The van der Waals surface area contributed by atoms with Crippen LogP contribution in [0.5, 0.6) is 0 Å². The first-order valence-corrected chi connectivity index (χ1v) is 8.86. The Hall–Kier alpha value is -1.13. The number of likely N-dealkylation sites (N-methyl/N-ethyl adjacent to an activating group) is 1. The average molecular weight is 305 g/mol. The molecule has 21 heavy (non-hydrogen) atoms. The van der Waals surface area contributed by atoms with Crippen molar-refractivity contribution in [3.8, 4) is 0 Å². The fourth-order valence-electron chi connectivity index (χ4n) is 2.57. The largest absolute Gasteiger partial charge is 0.314 e. The van der Waals surface area contributed by atoms with Crippen LogP contribution in [0.1, 0.15) is 50.2 Å². The smallest absolute Gasteiger partial charge is 0.0640 e. The van der Waals surface area contributed by atoms with Crippen molar-refractivity contribution in [2.24, 2.45) is 0 Å². The van der Waals surface area contributed by atoms with Crippen molar-refractivity contribution in [3.63, 3.8) is 0 Å². The molecule has 4 heteroatoms. The van der Waals surface area contributed by atoms with Gasteiger partial charge in [0, 0.05) is 29.6 Å². The molecule has 0 aromatic carbocycles. The second-order valence-corrected chi connectivity index (χ2v) is 6.84. The molecule has 2 aromatic heterocycles. The lowest BCUT2D eigenvalue weighted by molar-refractivity contribution is 0.464. The lowest BCUT2D eigenvalue weighted by Crippen LogP contribution is -2.31. The maximum absolute atomic E-state index is 4.67. The molecule has 0 saturated heterocycles. The van der Waals surface area contributed by atoms with Crippen molar-refractivity contribution in [1.82, 2.24) is 15.1 Å². The van der Waals surface area contributed by atoms with Crippen molar-refractivity contribution in [2.75, 3.05) is 6.54 Å². The molecule has 2 heterocycles. The number of rotatable bonds is 9. The number of aryl methyl sites for hydroxylation is 1. The molecule has 2 rings (SSSR count). The van der Waals surface area contributed by atoms with E-state index in [4.69, 9.17) is 0 Å². The Morgan fingerprint density at radius 1 is 1.33 bits per heavy atom. The van der Waals surface area contributed by atoms with Crippen LogP contribution >= 0.6 is 11.3 Å². The fourth-order valence-corrected chi connectivity index (χ4v) is 3.32. The Morgan fingerprint density at radius 2 is 2.19 bits per heavy atom. The van der Waals surface area contributed by atoms with Gasteiger partial charge in [-0.1, -0.05) is 13.0 Å². The molecule has 0 aliphatic carbocycles. The SMILES string of the molecule is CCNC(CCCc1cccs1)Cc1ccn(C(C)C)n1. The van der Waals surface area contributed by atoms with E-state index in [1.54, 1.807) is 0 Å². The zero-order chi connectivity index (χ0) is 15.1. The quantitative estimate of drug-likeness (QED) is 0.757. The van der Waals surface area contributed by atoms with Crippen LogP contribution in [0.25, 0.3) is 0 Å². The van der Waals surface area contributed by atoms with Crippen molar-refractivity contribution in [1.29, 1.82) is 0 Å². The summed E-state index contributed by atoms with van der Waals surface area (Å²) in [6, 6.07) is 7.50. The number of thiophene rings is 1. The van der Waals surface area contributed by atoms with Crippen LogP contribution in [0.4, 0.5) is 0 Å². The first kappa shape index (κ1) is 16.2. The van der Waals surface area contributed by atoms with Gasteiger partial charge in [-0.05, 0) is 57.2 Å². The maximum Gasteiger partial charge on any atom is 0.0640 e. The van der Waals surface area contributed by atoms with Crippen LogP contribution in [0, 0.1) is 0 Å². The summed E-state index contributed by atoms with van der Waals surface area (Å²) in [6.07, 6.45) is 6.76. The summed E-state index contributed by atoms with van der Waals surface area (Å²) in [6.45, 7) is 7.53. The molecule has 2 aromatic rings. The normalized spacial score (nSPS) is 13.0. The van der Waals surface area contributed by atoms with Crippen molar-refractivity contribution in [3.05, 3.63) is 40.3 Å². The molecule has 0 radical (unpaired) electrons. The van der Waals surface area contributed by atoms with Gasteiger partial charge in [-0.15, -0.1) is 11.3 Å². The van der Waals surface area contributed by atoms with E-state index in [9.17, 15) is 0 Å². The topological polar surface area (TPSA) is 29.9 Å². The highest BCUT2D eigenvalue weighted by atomic mass is 32.1. The Labute approximate surface area is 132 Å². The van der Waals surface area contributed by atoms with Gasteiger partial charge in [0.25, 0.3) is 0 Å². The standard InChI is InChI=1S/C17H27N3S/c1-4-18-15(7-5-8-17-9-6-12-21-17)13-16-10-11-20(19-16)14(2)3/h6,9-12,14-15,18H,4-5,7-8,13H2,1-3H3. The minimum absolute atomic E-state index is 0.440. The summed E-state index contributed by atoms with van der Waals surface area (Å²) < 4.78 is 2.05. The number of nitrogens with zero attached hydrogens (tertiary/aromatic N) is 2. The van der Waals surface area contributed by atoms with Gasteiger partial charge >= 0.3 is 0 Å². The number of hydrogen-bond donors (Lipinski definition) is 1. The minimum Gasteiger partial charge on any atom is -0.314 e. The molecular formula is C17H27N3S. The van der Waals surface area contributed by atoms with Gasteiger partial charge in [-0.25, -0.2) is 0 Å². The fraction of sp³-hybridized carbons (Fsp3) is 0.588. The van der Waals surface area contributed by atoms with Crippen molar-refractivity contribution >= 4 is 11.3 Å². The van der Waals surface area contributed by atoms with E-state index in [0.29, 0.717) is 12.1 Å². The zero-order valence-electron chi connectivity index (χ0n) is 13.4. The molecule has 1 atom stereocenters. The molecule has 0 fully saturated rings. The van der Waals surface area contributed by atoms with Crippen LogP contribution in [0.3, 0.4) is 0 Å². The lowest BCUT2D eigenvalue weighted by atomic mass is 10.0. The minimum atomic E-state index is 0.440. The van der Waals surface area contributed by atoms with E-state index in [-0.39, 0.29) is 0 Å². The second kappa shape index (κ2) is 8.35. The molecular weight excluding hydrogens is 278 g/mol. The van der Waals surface area contributed by atoms with Crippen LogP contribution in [-0.4, -0.2) is 22.4 Å². The van der Waals surface area contributed by atoms with E-state index in [2.05, 4.69) is 61.0 Å². The summed E-state index contributed by atoms with van der Waals surface area (Å²) in [4.78, 5) is 1.49. The summed E-state index contributed by atoms with van der Waals surface area (Å²) in [5.74, 6) is 0. The molecule has 0 aliphatic heterocycles. The van der Waals surface area contributed by atoms with E-state index in [1.807, 2.05) is 16.0 Å². The van der Waals surface area contributed by atoms with Crippen LogP contribution < -0.4 is 5.32 Å². The summed E-state index contributed by atoms with van der Waals surface area (Å²) in [7, 11) is 0. The van der Waals surface area contributed by atoms with E-state index < -0.39 is 0 Å². The predicted molar refractivity (Wildman–Crippen MR) is 91.0 cm³/mol. The Morgan fingerprint density at radius 3 is 2.81 bits per heavy atom. The van der Waals surface area contributed by atoms with Crippen LogP contribution in [0.2, 0.25) is 0 Å². The van der Waals surface area contributed by atoms with Gasteiger partial charge in [-0.3, -0.25) is 4.68 Å². The van der Waals surface area contributed by atoms with Gasteiger partial charge in [-0.2, -0.15) is 5.10 Å². The third-order valence-corrected chi connectivity index (χ3v) is 4.63. The first-order chi connectivity index (χ1) is 10.2.